The van der Waals surface area contributed by atoms with Gasteiger partial charge in [-0.1, -0.05) is 62.7 Å². The molecular weight excluding hydrogens is 294 g/mol. The maximum Gasteiger partial charge on any atom is 0.131 e. The van der Waals surface area contributed by atoms with Gasteiger partial charge in [-0.2, -0.15) is 5.10 Å². The SMILES string of the molecule is CCC(CNCc1c(C(C)C)nn(C)c1Cl)c1ccccc1. The Balaban J connectivity index is 2.01. The Morgan fingerprint density at radius 3 is 2.50 bits per heavy atom. The Kier molecular flexibility index (Phi) is 6.04. The zero-order chi connectivity index (χ0) is 16.1. The van der Waals surface area contributed by atoms with Crippen LogP contribution < -0.4 is 5.32 Å². The van der Waals surface area contributed by atoms with Gasteiger partial charge in [-0.3, -0.25) is 4.68 Å². The first kappa shape index (κ1) is 17.0. The van der Waals surface area contributed by atoms with Gasteiger partial charge in [0, 0.05) is 25.7 Å². The van der Waals surface area contributed by atoms with E-state index in [9.17, 15) is 0 Å². The van der Waals surface area contributed by atoms with Crippen molar-refractivity contribution >= 4 is 11.6 Å². The number of nitrogens with one attached hydrogen (secondary N) is 1. The highest BCUT2D eigenvalue weighted by Gasteiger charge is 2.17. The highest BCUT2D eigenvalue weighted by atomic mass is 35.5. The van der Waals surface area contributed by atoms with Gasteiger partial charge in [0.15, 0.2) is 0 Å². The first-order valence-corrected chi connectivity index (χ1v) is 8.39. The van der Waals surface area contributed by atoms with Crippen LogP contribution in [-0.2, 0) is 13.6 Å². The topological polar surface area (TPSA) is 29.9 Å². The lowest BCUT2D eigenvalue weighted by atomic mass is 9.96. The maximum absolute atomic E-state index is 6.38. The second-order valence-corrected chi connectivity index (χ2v) is 6.44. The van der Waals surface area contributed by atoms with Crippen molar-refractivity contribution in [1.29, 1.82) is 0 Å². The molecule has 0 fully saturated rings. The molecule has 1 N–H and O–H groups in total. The molecule has 0 spiro atoms. The Labute approximate surface area is 138 Å². The summed E-state index contributed by atoms with van der Waals surface area (Å²) in [5.41, 5.74) is 3.61. The van der Waals surface area contributed by atoms with E-state index < -0.39 is 0 Å². The van der Waals surface area contributed by atoms with Gasteiger partial charge in [0.25, 0.3) is 0 Å². The predicted octanol–water partition coefficient (Wildman–Crippen LogP) is 4.48. The molecule has 0 aliphatic rings. The summed E-state index contributed by atoms with van der Waals surface area (Å²) in [5.74, 6) is 0.908. The highest BCUT2D eigenvalue weighted by molar-refractivity contribution is 6.30. The first-order valence-electron chi connectivity index (χ1n) is 8.01. The second kappa shape index (κ2) is 7.80. The largest absolute Gasteiger partial charge is 0.312 e. The summed E-state index contributed by atoms with van der Waals surface area (Å²) < 4.78 is 1.77. The molecule has 1 unspecified atom stereocenters. The third-order valence-corrected chi connectivity index (χ3v) is 4.58. The second-order valence-electron chi connectivity index (χ2n) is 6.08. The quantitative estimate of drug-likeness (QED) is 0.815. The van der Waals surface area contributed by atoms with Crippen molar-refractivity contribution in [3.8, 4) is 0 Å². The van der Waals surface area contributed by atoms with Gasteiger partial charge in [0.05, 0.1) is 5.69 Å². The van der Waals surface area contributed by atoms with Gasteiger partial charge >= 0.3 is 0 Å². The van der Waals surface area contributed by atoms with Crippen LogP contribution >= 0.6 is 11.6 Å². The van der Waals surface area contributed by atoms with E-state index in [-0.39, 0.29) is 0 Å². The van der Waals surface area contributed by atoms with E-state index in [0.29, 0.717) is 11.8 Å². The van der Waals surface area contributed by atoms with Gasteiger partial charge in [-0.15, -0.1) is 0 Å². The van der Waals surface area contributed by atoms with Crippen molar-refractivity contribution < 1.29 is 0 Å². The molecule has 1 heterocycles. The summed E-state index contributed by atoms with van der Waals surface area (Å²) in [6.45, 7) is 8.25. The van der Waals surface area contributed by atoms with E-state index in [1.54, 1.807) is 4.68 Å². The molecule has 3 nitrogen and oxygen atoms in total. The first-order chi connectivity index (χ1) is 10.5. The molecule has 1 aromatic heterocycles. The summed E-state index contributed by atoms with van der Waals surface area (Å²) in [6, 6.07) is 10.7. The number of aromatic nitrogens is 2. The summed E-state index contributed by atoms with van der Waals surface area (Å²) in [5, 5.41) is 8.83. The molecule has 0 saturated heterocycles. The zero-order valence-corrected chi connectivity index (χ0v) is 14.7. The number of benzene rings is 1. The summed E-state index contributed by atoms with van der Waals surface area (Å²) in [4.78, 5) is 0. The fourth-order valence-corrected chi connectivity index (χ4v) is 2.99. The minimum Gasteiger partial charge on any atom is -0.312 e. The van der Waals surface area contributed by atoms with Crippen LogP contribution in [0.25, 0.3) is 0 Å². The van der Waals surface area contributed by atoms with Crippen LogP contribution in [0.15, 0.2) is 30.3 Å². The van der Waals surface area contributed by atoms with Crippen LogP contribution in [-0.4, -0.2) is 16.3 Å². The highest BCUT2D eigenvalue weighted by Crippen LogP contribution is 2.25. The molecule has 2 aromatic rings. The lowest BCUT2D eigenvalue weighted by Gasteiger charge is -2.16. The molecule has 0 amide bonds. The van der Waals surface area contributed by atoms with E-state index in [2.05, 4.69) is 61.5 Å². The Bertz CT molecular complexity index is 590. The summed E-state index contributed by atoms with van der Waals surface area (Å²) in [7, 11) is 1.90. The third kappa shape index (κ3) is 3.90. The molecule has 0 bridgehead atoms. The number of halogens is 1. The van der Waals surface area contributed by atoms with Crippen LogP contribution in [0.3, 0.4) is 0 Å². The van der Waals surface area contributed by atoms with Crippen molar-refractivity contribution in [1.82, 2.24) is 15.1 Å². The summed E-state index contributed by atoms with van der Waals surface area (Å²) >= 11 is 6.38. The number of hydrogen-bond donors (Lipinski definition) is 1. The van der Waals surface area contributed by atoms with E-state index in [1.807, 2.05) is 7.05 Å². The van der Waals surface area contributed by atoms with Crippen molar-refractivity contribution in [2.45, 2.75) is 45.6 Å². The van der Waals surface area contributed by atoms with Gasteiger partial charge < -0.3 is 5.32 Å². The normalized spacial score (nSPS) is 12.8. The molecule has 0 aliphatic carbocycles. The number of aryl methyl sites for hydroxylation is 1. The van der Waals surface area contributed by atoms with E-state index in [1.165, 1.54) is 5.56 Å². The molecule has 0 radical (unpaired) electrons. The van der Waals surface area contributed by atoms with Gasteiger partial charge in [0.2, 0.25) is 0 Å². The van der Waals surface area contributed by atoms with E-state index in [4.69, 9.17) is 11.6 Å². The van der Waals surface area contributed by atoms with Crippen molar-refractivity contribution in [2.75, 3.05) is 6.54 Å². The molecule has 4 heteroatoms. The average molecular weight is 320 g/mol. The van der Waals surface area contributed by atoms with Gasteiger partial charge in [-0.05, 0) is 23.8 Å². The van der Waals surface area contributed by atoms with Gasteiger partial charge in [-0.25, -0.2) is 0 Å². The molecule has 0 saturated carbocycles. The monoisotopic (exact) mass is 319 g/mol. The van der Waals surface area contributed by atoms with Crippen LogP contribution in [0.5, 0.6) is 0 Å². The van der Waals surface area contributed by atoms with E-state index >= 15 is 0 Å². The Morgan fingerprint density at radius 2 is 1.91 bits per heavy atom. The molecule has 1 atom stereocenters. The number of hydrogen-bond acceptors (Lipinski definition) is 2. The van der Waals surface area contributed by atoms with Crippen LogP contribution in [0.4, 0.5) is 0 Å². The van der Waals surface area contributed by atoms with Crippen LogP contribution in [0.2, 0.25) is 5.15 Å². The van der Waals surface area contributed by atoms with Crippen molar-refractivity contribution in [2.24, 2.45) is 7.05 Å². The van der Waals surface area contributed by atoms with Crippen LogP contribution in [0.1, 0.15) is 55.8 Å². The standard InChI is InChI=1S/C18H26ClN3/c1-5-14(15-9-7-6-8-10-15)11-20-12-16-17(13(2)3)21-22(4)18(16)19/h6-10,13-14,20H,5,11-12H2,1-4H3. The van der Waals surface area contributed by atoms with Gasteiger partial charge in [0.1, 0.15) is 5.15 Å². The molecule has 0 aliphatic heterocycles. The lowest BCUT2D eigenvalue weighted by molar-refractivity contribution is 0.567. The number of nitrogens with zero attached hydrogens (tertiary/aromatic N) is 2. The van der Waals surface area contributed by atoms with Crippen molar-refractivity contribution in [3.63, 3.8) is 0 Å². The molecule has 2 rings (SSSR count). The predicted molar refractivity (Wildman–Crippen MR) is 93.5 cm³/mol. The summed E-state index contributed by atoms with van der Waals surface area (Å²) in [6.07, 6.45) is 1.12. The Hall–Kier alpha value is -1.32. The Morgan fingerprint density at radius 1 is 1.23 bits per heavy atom. The maximum atomic E-state index is 6.38. The fourth-order valence-electron chi connectivity index (χ4n) is 2.79. The fraction of sp³-hybridized carbons (Fsp3) is 0.500. The third-order valence-electron chi connectivity index (χ3n) is 4.10. The molecular formula is C18H26ClN3. The lowest BCUT2D eigenvalue weighted by Crippen LogP contribution is -2.21. The molecule has 22 heavy (non-hydrogen) atoms. The van der Waals surface area contributed by atoms with Crippen LogP contribution in [0, 0.1) is 0 Å². The molecule has 1 aromatic carbocycles. The smallest absolute Gasteiger partial charge is 0.131 e. The zero-order valence-electron chi connectivity index (χ0n) is 13.9. The minimum absolute atomic E-state index is 0.381. The average Bonchev–Trinajstić information content (AvgIpc) is 2.81. The number of rotatable bonds is 7. The van der Waals surface area contributed by atoms with E-state index in [0.717, 1.165) is 35.9 Å². The van der Waals surface area contributed by atoms with Crippen molar-refractivity contribution in [3.05, 3.63) is 52.3 Å². The minimum atomic E-state index is 0.381. The molecule has 120 valence electrons.